The largest absolute Gasteiger partial charge is 0.466 e. The molecular formula is C23H37N3O6. The van der Waals surface area contributed by atoms with E-state index in [1.807, 2.05) is 19.1 Å². The van der Waals surface area contributed by atoms with Crippen molar-refractivity contribution in [2.24, 2.45) is 23.7 Å². The van der Waals surface area contributed by atoms with Gasteiger partial charge < -0.3 is 24.8 Å². The number of carbonyl (C=O) groups excluding carboxylic acids is 3. The maximum absolute atomic E-state index is 13.5. The molecule has 2 fully saturated rings. The second-order valence-electron chi connectivity index (χ2n) is 8.64. The lowest BCUT2D eigenvalue weighted by Gasteiger charge is -2.33. The third-order valence-electron chi connectivity index (χ3n) is 6.80. The zero-order valence-electron chi connectivity index (χ0n) is 19.2. The van der Waals surface area contributed by atoms with Gasteiger partial charge in [0.2, 0.25) is 11.8 Å². The Bertz CT molecular complexity index is 693. The minimum Gasteiger partial charge on any atom is -0.466 e. The van der Waals surface area contributed by atoms with Gasteiger partial charge in [-0.1, -0.05) is 19.1 Å². The number of carbonyl (C=O) groups is 3. The van der Waals surface area contributed by atoms with E-state index in [4.69, 9.17) is 9.47 Å². The van der Waals surface area contributed by atoms with Crippen molar-refractivity contribution in [3.8, 4) is 0 Å². The van der Waals surface area contributed by atoms with Gasteiger partial charge in [-0.25, -0.2) is 0 Å². The lowest BCUT2D eigenvalue weighted by molar-refractivity contribution is -0.155. The summed E-state index contributed by atoms with van der Waals surface area (Å²) in [4.78, 5) is 43.3. The summed E-state index contributed by atoms with van der Waals surface area (Å²) >= 11 is 0. The third kappa shape index (κ3) is 5.32. The van der Waals surface area contributed by atoms with E-state index in [1.165, 1.54) is 0 Å². The number of rotatable bonds is 10. The van der Waals surface area contributed by atoms with E-state index in [0.717, 1.165) is 19.6 Å². The Kier molecular flexibility index (Phi) is 9.07. The first-order valence-electron chi connectivity index (χ1n) is 11.9. The number of aliphatic hydroxyl groups is 1. The van der Waals surface area contributed by atoms with Crippen LogP contribution in [-0.4, -0.2) is 97.9 Å². The number of amides is 2. The average Bonchev–Trinajstić information content (AvgIpc) is 3.09. The van der Waals surface area contributed by atoms with Crippen molar-refractivity contribution in [1.82, 2.24) is 15.1 Å². The number of likely N-dealkylation sites (tertiary alicyclic amines) is 1. The molecule has 180 valence electrons. The standard InChI is InChI=1S/C23H37N3O6/c1-3-16-6-7-17-19(18(16)23(30)32-4-2)22(29)26(9-5-13-27)20(17)21(28)24-8-10-25-11-14-31-15-12-25/h6-7,16-20,27H,3-5,8-15H2,1-2H3,(H,24,28)/t16-,17+,18-,19-,20+/m1/s1. The molecule has 2 amide bonds. The summed E-state index contributed by atoms with van der Waals surface area (Å²) in [6.07, 6.45) is 5.01. The summed E-state index contributed by atoms with van der Waals surface area (Å²) in [5.74, 6) is -2.47. The Morgan fingerprint density at radius 1 is 1.22 bits per heavy atom. The summed E-state index contributed by atoms with van der Waals surface area (Å²) in [5.41, 5.74) is 0. The molecule has 3 rings (SSSR count). The summed E-state index contributed by atoms with van der Waals surface area (Å²) < 4.78 is 10.7. The van der Waals surface area contributed by atoms with Gasteiger partial charge in [-0.05, 0) is 25.7 Å². The molecule has 0 aromatic rings. The quantitative estimate of drug-likeness (QED) is 0.357. The van der Waals surface area contributed by atoms with E-state index in [9.17, 15) is 19.5 Å². The molecule has 1 aliphatic carbocycles. The van der Waals surface area contributed by atoms with Gasteiger partial charge in [-0.2, -0.15) is 0 Å². The lowest BCUT2D eigenvalue weighted by atomic mass is 9.69. The Morgan fingerprint density at radius 2 is 1.97 bits per heavy atom. The van der Waals surface area contributed by atoms with Crippen molar-refractivity contribution in [3.63, 3.8) is 0 Å². The minimum absolute atomic E-state index is 0.0702. The molecule has 9 heteroatoms. The number of fused-ring (bicyclic) bond motifs is 1. The number of hydrogen-bond acceptors (Lipinski definition) is 7. The first kappa shape index (κ1) is 24.7. The maximum atomic E-state index is 13.5. The predicted octanol–water partition coefficient (Wildman–Crippen LogP) is 0.0357. The van der Waals surface area contributed by atoms with Crippen LogP contribution in [-0.2, 0) is 23.9 Å². The smallest absolute Gasteiger partial charge is 0.310 e. The van der Waals surface area contributed by atoms with E-state index in [-0.39, 0.29) is 49.4 Å². The van der Waals surface area contributed by atoms with E-state index in [0.29, 0.717) is 32.6 Å². The molecule has 2 N–H and O–H groups in total. The minimum atomic E-state index is -0.685. The second-order valence-corrected chi connectivity index (χ2v) is 8.64. The summed E-state index contributed by atoms with van der Waals surface area (Å²) in [7, 11) is 0. The molecule has 0 aromatic carbocycles. The van der Waals surface area contributed by atoms with Crippen molar-refractivity contribution in [3.05, 3.63) is 12.2 Å². The number of esters is 1. The van der Waals surface area contributed by atoms with Gasteiger partial charge in [0.1, 0.15) is 6.04 Å². The highest BCUT2D eigenvalue weighted by Crippen LogP contribution is 2.45. The fourth-order valence-electron chi connectivity index (χ4n) is 5.20. The number of ether oxygens (including phenoxy) is 2. The van der Waals surface area contributed by atoms with E-state index in [1.54, 1.807) is 11.8 Å². The summed E-state index contributed by atoms with van der Waals surface area (Å²) in [6, 6.07) is -0.685. The summed E-state index contributed by atoms with van der Waals surface area (Å²) in [6.45, 7) is 8.48. The second kappa shape index (κ2) is 11.8. The average molecular weight is 452 g/mol. The number of nitrogens with one attached hydrogen (secondary N) is 1. The van der Waals surface area contributed by atoms with Gasteiger partial charge in [0.15, 0.2) is 0 Å². The molecule has 0 aromatic heterocycles. The molecule has 0 saturated carbocycles. The van der Waals surface area contributed by atoms with Crippen molar-refractivity contribution >= 4 is 17.8 Å². The molecule has 3 aliphatic rings. The molecule has 2 heterocycles. The van der Waals surface area contributed by atoms with Crippen LogP contribution in [0.2, 0.25) is 0 Å². The van der Waals surface area contributed by atoms with Crippen LogP contribution >= 0.6 is 0 Å². The van der Waals surface area contributed by atoms with Crippen LogP contribution in [0.5, 0.6) is 0 Å². The molecule has 0 spiro atoms. The van der Waals surface area contributed by atoms with Gasteiger partial charge in [-0.15, -0.1) is 0 Å². The monoisotopic (exact) mass is 451 g/mol. The predicted molar refractivity (Wildman–Crippen MR) is 117 cm³/mol. The van der Waals surface area contributed by atoms with Gasteiger partial charge in [0.25, 0.3) is 0 Å². The van der Waals surface area contributed by atoms with Gasteiger partial charge >= 0.3 is 5.97 Å². The van der Waals surface area contributed by atoms with Gasteiger partial charge in [-0.3, -0.25) is 19.3 Å². The van der Waals surface area contributed by atoms with Crippen LogP contribution in [0.3, 0.4) is 0 Å². The van der Waals surface area contributed by atoms with Crippen LogP contribution in [0.1, 0.15) is 26.7 Å². The van der Waals surface area contributed by atoms with E-state index < -0.39 is 17.9 Å². The van der Waals surface area contributed by atoms with Crippen LogP contribution in [0.25, 0.3) is 0 Å². The van der Waals surface area contributed by atoms with E-state index in [2.05, 4.69) is 10.2 Å². The molecule has 0 bridgehead atoms. The lowest BCUT2D eigenvalue weighted by Crippen LogP contribution is -2.49. The SMILES string of the molecule is CCOC(=O)[C@H]1[C@@H]2C(=O)N(CCCO)[C@H](C(=O)NCCN3CCOCC3)[C@H]2C=C[C@H]1CC. The number of nitrogens with zero attached hydrogens (tertiary/aromatic N) is 2. The highest BCUT2D eigenvalue weighted by Gasteiger charge is 2.57. The molecule has 2 aliphatic heterocycles. The zero-order valence-corrected chi connectivity index (χ0v) is 19.2. The van der Waals surface area contributed by atoms with Crippen LogP contribution < -0.4 is 5.32 Å². The Balaban J connectivity index is 1.77. The zero-order chi connectivity index (χ0) is 23.1. The number of morpholine rings is 1. The Hall–Kier alpha value is -1.97. The third-order valence-corrected chi connectivity index (χ3v) is 6.80. The van der Waals surface area contributed by atoms with E-state index >= 15 is 0 Å². The molecule has 2 saturated heterocycles. The van der Waals surface area contributed by atoms with Gasteiger partial charge in [0.05, 0.1) is 31.7 Å². The highest BCUT2D eigenvalue weighted by atomic mass is 16.5. The fraction of sp³-hybridized carbons (Fsp3) is 0.783. The maximum Gasteiger partial charge on any atom is 0.310 e. The number of hydrogen-bond donors (Lipinski definition) is 2. The Morgan fingerprint density at radius 3 is 2.62 bits per heavy atom. The molecule has 9 nitrogen and oxygen atoms in total. The van der Waals surface area contributed by atoms with Crippen molar-refractivity contribution in [1.29, 1.82) is 0 Å². The molecule has 0 unspecified atom stereocenters. The van der Waals surface area contributed by atoms with Crippen LogP contribution in [0, 0.1) is 23.7 Å². The van der Waals surface area contributed by atoms with Crippen molar-refractivity contribution in [2.75, 3.05) is 59.2 Å². The van der Waals surface area contributed by atoms with Crippen molar-refractivity contribution < 1.29 is 29.0 Å². The Labute approximate surface area is 190 Å². The molecule has 5 atom stereocenters. The van der Waals surface area contributed by atoms with Crippen LogP contribution in [0.4, 0.5) is 0 Å². The van der Waals surface area contributed by atoms with Crippen molar-refractivity contribution in [2.45, 2.75) is 32.7 Å². The fourth-order valence-corrected chi connectivity index (χ4v) is 5.20. The van der Waals surface area contributed by atoms with Gasteiger partial charge in [0, 0.05) is 45.2 Å². The topological polar surface area (TPSA) is 108 Å². The summed E-state index contributed by atoms with van der Waals surface area (Å²) in [5, 5.41) is 12.3. The molecule has 32 heavy (non-hydrogen) atoms. The molecule has 0 radical (unpaired) electrons. The first-order valence-corrected chi connectivity index (χ1v) is 11.9. The number of allylic oxidation sites excluding steroid dienone is 1. The molecular weight excluding hydrogens is 414 g/mol. The van der Waals surface area contributed by atoms with Crippen LogP contribution in [0.15, 0.2) is 12.2 Å². The number of aliphatic hydroxyl groups excluding tert-OH is 1. The highest BCUT2D eigenvalue weighted by molar-refractivity contribution is 5.96. The normalized spacial score (nSPS) is 30.3. The first-order chi connectivity index (χ1) is 15.5.